The van der Waals surface area contributed by atoms with Crippen molar-refractivity contribution in [1.82, 2.24) is 0 Å². The maximum Gasteiger partial charge on any atom is 0.333 e. The molecule has 0 aromatic heterocycles. The second-order valence-corrected chi connectivity index (χ2v) is 2.71. The van der Waals surface area contributed by atoms with Crippen molar-refractivity contribution < 1.29 is 19.7 Å². The van der Waals surface area contributed by atoms with Gasteiger partial charge in [0.15, 0.2) is 5.79 Å². The zero-order chi connectivity index (χ0) is 9.19. The number of carbonyl (C=O) groups excluding carboxylic acids is 1. The Labute approximate surface area is 70.5 Å². The molecule has 1 aliphatic carbocycles. The van der Waals surface area contributed by atoms with Gasteiger partial charge in [0.1, 0.15) is 0 Å². The van der Waals surface area contributed by atoms with Crippen LogP contribution >= 0.6 is 0 Å². The third-order valence-electron chi connectivity index (χ3n) is 1.75. The van der Waals surface area contributed by atoms with E-state index in [-0.39, 0.29) is 12.8 Å². The van der Waals surface area contributed by atoms with Crippen LogP contribution in [0.1, 0.15) is 12.8 Å². The Kier molecular flexibility index (Phi) is 2.49. The lowest BCUT2D eigenvalue weighted by Crippen LogP contribution is -2.31. The third kappa shape index (κ3) is 2.06. The van der Waals surface area contributed by atoms with E-state index in [1.165, 1.54) is 19.6 Å². The van der Waals surface area contributed by atoms with Crippen molar-refractivity contribution in [3.05, 3.63) is 18.1 Å². The van der Waals surface area contributed by atoms with Crippen LogP contribution in [-0.2, 0) is 9.53 Å². The summed E-state index contributed by atoms with van der Waals surface area (Å²) in [5, 5.41) is 18.1. The van der Waals surface area contributed by atoms with Gasteiger partial charge >= 0.3 is 5.97 Å². The molecule has 0 amide bonds. The summed E-state index contributed by atoms with van der Waals surface area (Å²) in [4.78, 5) is 10.9. The summed E-state index contributed by atoms with van der Waals surface area (Å²) >= 11 is 0. The van der Waals surface area contributed by atoms with Crippen molar-refractivity contribution in [3.63, 3.8) is 0 Å². The van der Waals surface area contributed by atoms with E-state index in [1.807, 2.05) is 0 Å². The summed E-state index contributed by atoms with van der Waals surface area (Å²) in [7, 11) is 1.29. The van der Waals surface area contributed by atoms with Crippen molar-refractivity contribution >= 4 is 5.97 Å². The fourth-order valence-corrected chi connectivity index (χ4v) is 1.01. The molecule has 0 aromatic rings. The molecule has 0 atom stereocenters. The quantitative estimate of drug-likeness (QED) is 0.422. The molecule has 12 heavy (non-hydrogen) atoms. The van der Waals surface area contributed by atoms with Gasteiger partial charge in [0.2, 0.25) is 0 Å². The number of ether oxygens (including phenoxy) is 1. The van der Waals surface area contributed by atoms with Crippen LogP contribution in [0.15, 0.2) is 11.6 Å². The van der Waals surface area contributed by atoms with Gasteiger partial charge in [-0.15, -0.1) is 0 Å². The van der Waals surface area contributed by atoms with E-state index < -0.39 is 11.8 Å². The van der Waals surface area contributed by atoms with E-state index in [0.29, 0.717) is 5.57 Å². The van der Waals surface area contributed by atoms with Gasteiger partial charge < -0.3 is 14.9 Å². The van der Waals surface area contributed by atoms with E-state index >= 15 is 0 Å². The minimum absolute atomic E-state index is 0.0391. The van der Waals surface area contributed by atoms with Gasteiger partial charge in [-0.1, -0.05) is 6.08 Å². The van der Waals surface area contributed by atoms with Crippen molar-refractivity contribution in [2.45, 2.75) is 18.6 Å². The average molecular weight is 171 g/mol. The van der Waals surface area contributed by atoms with Gasteiger partial charge in [0, 0.05) is 18.4 Å². The van der Waals surface area contributed by atoms with Crippen molar-refractivity contribution in [2.24, 2.45) is 0 Å². The van der Waals surface area contributed by atoms with Crippen LogP contribution in [0.2, 0.25) is 0 Å². The highest BCUT2D eigenvalue weighted by atomic mass is 16.5. The first kappa shape index (κ1) is 9.22. The maximum atomic E-state index is 10.9. The van der Waals surface area contributed by atoms with Crippen molar-refractivity contribution in [3.8, 4) is 0 Å². The van der Waals surface area contributed by atoms with Crippen molar-refractivity contribution in [2.75, 3.05) is 7.11 Å². The van der Waals surface area contributed by atoms with Gasteiger partial charge in [0.25, 0.3) is 0 Å². The van der Waals surface area contributed by atoms with E-state index in [1.54, 1.807) is 0 Å². The zero-order valence-electron chi connectivity index (χ0n) is 6.78. The molecule has 0 spiro atoms. The molecule has 0 saturated carbocycles. The van der Waals surface area contributed by atoms with E-state index in [9.17, 15) is 4.79 Å². The molecule has 0 aromatic carbocycles. The summed E-state index contributed by atoms with van der Waals surface area (Å²) in [6.07, 6.45) is 3.03. The van der Waals surface area contributed by atoms with Crippen LogP contribution in [0, 0.1) is 6.42 Å². The average Bonchev–Trinajstić information content (AvgIpc) is 2.03. The number of methoxy groups -OCH3 is 1. The first-order valence-corrected chi connectivity index (χ1v) is 3.61. The Morgan fingerprint density at radius 1 is 1.67 bits per heavy atom. The number of hydrogen-bond donors (Lipinski definition) is 2. The van der Waals surface area contributed by atoms with Gasteiger partial charge in [-0.25, -0.2) is 4.79 Å². The second kappa shape index (κ2) is 3.25. The Morgan fingerprint density at radius 3 is 2.75 bits per heavy atom. The predicted molar refractivity (Wildman–Crippen MR) is 40.8 cm³/mol. The smallest absolute Gasteiger partial charge is 0.333 e. The normalized spacial score (nSPS) is 21.4. The standard InChI is InChI=1S/C8H11O4/c1-12-7(9)6-2-4-8(10,11)5-3-6/h2,5,10-11H,3-4H2,1H3. The minimum Gasteiger partial charge on any atom is -0.466 e. The molecule has 0 fully saturated rings. The summed E-state index contributed by atoms with van der Waals surface area (Å²) in [6.45, 7) is 0. The number of esters is 1. The second-order valence-electron chi connectivity index (χ2n) is 2.71. The molecule has 0 saturated heterocycles. The molecule has 4 nitrogen and oxygen atoms in total. The van der Waals surface area contributed by atoms with Crippen LogP contribution in [0.25, 0.3) is 0 Å². The maximum absolute atomic E-state index is 10.9. The van der Waals surface area contributed by atoms with Gasteiger partial charge in [-0.05, 0) is 6.42 Å². The predicted octanol–water partition coefficient (Wildman–Crippen LogP) is -0.235. The van der Waals surface area contributed by atoms with Gasteiger partial charge in [-0.2, -0.15) is 0 Å². The number of hydrogen-bond acceptors (Lipinski definition) is 4. The summed E-state index contributed by atoms with van der Waals surface area (Å²) in [6, 6.07) is 0. The highest BCUT2D eigenvalue weighted by molar-refractivity contribution is 5.88. The Morgan fingerprint density at radius 2 is 2.33 bits per heavy atom. The van der Waals surface area contributed by atoms with E-state index in [4.69, 9.17) is 10.2 Å². The lowest BCUT2D eigenvalue weighted by atomic mass is 9.94. The van der Waals surface area contributed by atoms with Crippen molar-refractivity contribution in [1.29, 1.82) is 0 Å². The molecular weight excluding hydrogens is 160 g/mol. The summed E-state index contributed by atoms with van der Waals surface area (Å²) < 4.78 is 4.47. The first-order chi connectivity index (χ1) is 5.55. The van der Waals surface area contributed by atoms with Gasteiger partial charge in [0.05, 0.1) is 7.11 Å². The molecular formula is C8H11O4. The molecule has 0 heterocycles. The molecule has 1 radical (unpaired) electrons. The van der Waals surface area contributed by atoms with Crippen LogP contribution in [0.5, 0.6) is 0 Å². The molecule has 67 valence electrons. The summed E-state index contributed by atoms with van der Waals surface area (Å²) in [5.74, 6) is -2.18. The first-order valence-electron chi connectivity index (χ1n) is 3.61. The molecule has 1 rings (SSSR count). The zero-order valence-corrected chi connectivity index (χ0v) is 6.78. The highest BCUT2D eigenvalue weighted by Gasteiger charge is 2.28. The molecule has 1 aliphatic rings. The van der Waals surface area contributed by atoms with Crippen LogP contribution < -0.4 is 0 Å². The third-order valence-corrected chi connectivity index (χ3v) is 1.75. The minimum atomic E-state index is -1.77. The molecule has 0 unspecified atom stereocenters. The summed E-state index contributed by atoms with van der Waals surface area (Å²) in [5.41, 5.74) is 0.469. The van der Waals surface area contributed by atoms with E-state index in [0.717, 1.165) is 0 Å². The topological polar surface area (TPSA) is 66.8 Å². The van der Waals surface area contributed by atoms with Crippen LogP contribution in [0.4, 0.5) is 0 Å². The molecule has 4 heteroatoms. The largest absolute Gasteiger partial charge is 0.466 e. The SMILES string of the molecule is COC(=O)C1=CCC(O)(O)[CH]C1. The van der Waals surface area contributed by atoms with E-state index in [2.05, 4.69) is 4.74 Å². The molecule has 2 N–H and O–H groups in total. The number of aliphatic hydroxyl groups is 2. The number of carbonyl (C=O) groups is 1. The Hall–Kier alpha value is -0.870. The number of rotatable bonds is 1. The fourth-order valence-electron chi connectivity index (χ4n) is 1.01. The van der Waals surface area contributed by atoms with Gasteiger partial charge in [-0.3, -0.25) is 0 Å². The Balaban J connectivity index is 2.62. The highest BCUT2D eigenvalue weighted by Crippen LogP contribution is 2.24. The monoisotopic (exact) mass is 171 g/mol. The Bertz CT molecular complexity index is 217. The van der Waals surface area contributed by atoms with Crippen LogP contribution in [0.3, 0.4) is 0 Å². The lowest BCUT2D eigenvalue weighted by molar-refractivity contribution is -0.140. The molecule has 0 bridgehead atoms. The molecule has 0 aliphatic heterocycles. The lowest BCUT2D eigenvalue weighted by Gasteiger charge is -2.24. The fraction of sp³-hybridized carbons (Fsp3) is 0.500. The van der Waals surface area contributed by atoms with Crippen LogP contribution in [-0.4, -0.2) is 29.1 Å².